The molecule has 4 N–H and O–H groups in total. The van der Waals surface area contributed by atoms with E-state index in [0.717, 1.165) is 0 Å². The Bertz CT molecular complexity index is 621. The predicted molar refractivity (Wildman–Crippen MR) is 80.4 cm³/mol. The number of nitrogens with two attached hydrogens (primary N) is 1. The Balaban J connectivity index is 2.17. The van der Waals surface area contributed by atoms with Gasteiger partial charge >= 0.3 is 0 Å². The van der Waals surface area contributed by atoms with Gasteiger partial charge in [-0.3, -0.25) is 0 Å². The lowest BCUT2D eigenvalue weighted by atomic mass is 9.95. The molecule has 1 fully saturated rings. The summed E-state index contributed by atoms with van der Waals surface area (Å²) in [6.07, 6.45) is 2.45. The monoisotopic (exact) mass is 334 g/mol. The first-order valence-corrected chi connectivity index (χ1v) is 8.38. The van der Waals surface area contributed by atoms with Crippen molar-refractivity contribution in [1.29, 1.82) is 0 Å². The highest BCUT2D eigenvalue weighted by atomic mass is 35.5. The van der Waals surface area contributed by atoms with Crippen LogP contribution in [0.2, 0.25) is 5.02 Å². The lowest BCUT2D eigenvalue weighted by Crippen LogP contribution is -2.45. The second-order valence-electron chi connectivity index (χ2n) is 5.56. The number of ether oxygens (including phenoxy) is 1. The van der Waals surface area contributed by atoms with Gasteiger partial charge in [-0.25, -0.2) is 24.0 Å². The number of sulfonamides is 1. The molecule has 0 aliphatic carbocycles. The lowest BCUT2D eigenvalue weighted by Gasteiger charge is -2.35. The quantitative estimate of drug-likeness (QED) is 0.565. The maximum Gasteiger partial charge on any atom is 0.242 e. The first-order valence-electron chi connectivity index (χ1n) is 6.52. The van der Waals surface area contributed by atoms with E-state index in [9.17, 15) is 8.42 Å². The van der Waals surface area contributed by atoms with Gasteiger partial charge in [-0.2, -0.15) is 0 Å². The van der Waals surface area contributed by atoms with Gasteiger partial charge in [0, 0.05) is 18.8 Å². The lowest BCUT2D eigenvalue weighted by molar-refractivity contribution is -0.0599. The third-order valence-corrected chi connectivity index (χ3v) is 5.06. The fourth-order valence-electron chi connectivity index (χ4n) is 2.29. The zero-order valence-electron chi connectivity index (χ0n) is 11.9. The minimum absolute atomic E-state index is 0.01000. The molecule has 2 rings (SSSR count). The number of halogens is 1. The molecule has 1 aliphatic rings. The van der Waals surface area contributed by atoms with Crippen LogP contribution in [-0.4, -0.2) is 31.7 Å². The Labute approximate surface area is 129 Å². The second-order valence-corrected chi connectivity index (χ2v) is 7.69. The summed E-state index contributed by atoms with van der Waals surface area (Å²) < 4.78 is 33.0. The molecule has 1 saturated heterocycles. The van der Waals surface area contributed by atoms with Crippen molar-refractivity contribution in [2.24, 2.45) is 5.84 Å². The van der Waals surface area contributed by atoms with E-state index >= 15 is 0 Å². The van der Waals surface area contributed by atoms with E-state index in [2.05, 4.69) is 15.1 Å². The van der Waals surface area contributed by atoms with Crippen LogP contribution in [0.15, 0.2) is 17.2 Å². The third kappa shape index (κ3) is 4.04. The first-order chi connectivity index (χ1) is 9.73. The van der Waals surface area contributed by atoms with E-state index in [1.807, 2.05) is 13.8 Å². The first kappa shape index (κ1) is 16.4. The van der Waals surface area contributed by atoms with E-state index in [0.29, 0.717) is 19.4 Å². The highest BCUT2D eigenvalue weighted by Crippen LogP contribution is 2.26. The minimum Gasteiger partial charge on any atom is -0.375 e. The molecule has 1 atom stereocenters. The number of anilines is 1. The van der Waals surface area contributed by atoms with Gasteiger partial charge in [0.2, 0.25) is 10.0 Å². The van der Waals surface area contributed by atoms with Crippen LogP contribution in [0.1, 0.15) is 26.7 Å². The van der Waals surface area contributed by atoms with Gasteiger partial charge in [-0.15, -0.1) is 0 Å². The van der Waals surface area contributed by atoms with Crippen molar-refractivity contribution in [3.8, 4) is 0 Å². The van der Waals surface area contributed by atoms with Crippen molar-refractivity contribution in [3.05, 3.63) is 17.3 Å². The van der Waals surface area contributed by atoms with Crippen molar-refractivity contribution >= 4 is 27.4 Å². The molecule has 0 saturated carbocycles. The Morgan fingerprint density at radius 3 is 2.81 bits per heavy atom. The maximum absolute atomic E-state index is 12.4. The third-order valence-electron chi connectivity index (χ3n) is 3.28. The van der Waals surface area contributed by atoms with E-state index in [-0.39, 0.29) is 27.4 Å². The molecule has 0 spiro atoms. The molecule has 0 amide bonds. The SMILES string of the molecule is CC1(C)CC(NS(=O)(=O)c2cnc(NN)c(Cl)c2)CCO1. The number of nitrogens with zero attached hydrogens (tertiary/aromatic N) is 1. The normalized spacial score (nSPS) is 22.0. The second kappa shape index (κ2) is 6.05. The average Bonchev–Trinajstić information content (AvgIpc) is 2.36. The number of nitrogens with one attached hydrogen (secondary N) is 2. The van der Waals surface area contributed by atoms with Gasteiger partial charge in [0.1, 0.15) is 4.90 Å². The molecule has 1 aromatic heterocycles. The molecule has 1 aliphatic heterocycles. The summed E-state index contributed by atoms with van der Waals surface area (Å²) in [5.74, 6) is 5.44. The van der Waals surface area contributed by atoms with E-state index in [4.69, 9.17) is 22.2 Å². The molecule has 2 heterocycles. The topological polar surface area (TPSA) is 106 Å². The number of hydrogen-bond donors (Lipinski definition) is 3. The number of nitrogen functional groups attached to an aromatic ring is 1. The molecule has 1 aromatic rings. The maximum atomic E-state index is 12.4. The van der Waals surface area contributed by atoms with Gasteiger partial charge in [-0.05, 0) is 32.8 Å². The summed E-state index contributed by atoms with van der Waals surface area (Å²) in [6, 6.07) is 1.14. The summed E-state index contributed by atoms with van der Waals surface area (Å²) in [6.45, 7) is 4.40. The summed E-state index contributed by atoms with van der Waals surface area (Å²) in [7, 11) is -3.68. The van der Waals surface area contributed by atoms with Crippen LogP contribution in [0.4, 0.5) is 5.82 Å². The van der Waals surface area contributed by atoms with Gasteiger partial charge in [-0.1, -0.05) is 11.6 Å². The number of hydrogen-bond acceptors (Lipinski definition) is 6. The fourth-order valence-corrected chi connectivity index (χ4v) is 3.82. The van der Waals surface area contributed by atoms with Crippen LogP contribution in [0.3, 0.4) is 0 Å². The van der Waals surface area contributed by atoms with E-state index in [1.54, 1.807) is 0 Å². The molecule has 118 valence electrons. The Kier molecular flexibility index (Phi) is 4.74. The predicted octanol–water partition coefficient (Wildman–Crippen LogP) is 1.26. The summed E-state index contributed by atoms with van der Waals surface area (Å²) in [5.41, 5.74) is 1.95. The van der Waals surface area contributed by atoms with Crippen LogP contribution >= 0.6 is 11.6 Å². The number of aromatic nitrogens is 1. The number of rotatable bonds is 4. The van der Waals surface area contributed by atoms with Gasteiger partial charge < -0.3 is 10.2 Å². The molecule has 9 heteroatoms. The summed E-state index contributed by atoms with van der Waals surface area (Å²) in [5, 5.41) is 0.146. The van der Waals surface area contributed by atoms with Crippen molar-refractivity contribution in [1.82, 2.24) is 9.71 Å². The van der Waals surface area contributed by atoms with Crippen molar-refractivity contribution in [2.75, 3.05) is 12.0 Å². The number of hydrazine groups is 1. The zero-order valence-corrected chi connectivity index (χ0v) is 13.5. The molecule has 0 bridgehead atoms. The van der Waals surface area contributed by atoms with Crippen molar-refractivity contribution < 1.29 is 13.2 Å². The van der Waals surface area contributed by atoms with Gasteiger partial charge in [0.05, 0.1) is 10.6 Å². The van der Waals surface area contributed by atoms with Crippen LogP contribution in [0, 0.1) is 0 Å². The Morgan fingerprint density at radius 1 is 1.52 bits per heavy atom. The molecule has 0 aromatic carbocycles. The standard InChI is InChI=1S/C12H19ClN4O3S/c1-12(2)6-8(3-4-20-12)17-21(18,19)9-5-10(13)11(16-14)15-7-9/h5,7-8,17H,3-4,6,14H2,1-2H3,(H,15,16). The summed E-state index contributed by atoms with van der Waals surface area (Å²) >= 11 is 5.91. The Morgan fingerprint density at radius 2 is 2.24 bits per heavy atom. The molecular formula is C12H19ClN4O3S. The zero-order chi connectivity index (χ0) is 15.7. The molecule has 21 heavy (non-hydrogen) atoms. The molecule has 1 unspecified atom stereocenters. The highest BCUT2D eigenvalue weighted by molar-refractivity contribution is 7.89. The van der Waals surface area contributed by atoms with Crippen molar-refractivity contribution in [2.45, 2.75) is 43.2 Å². The highest BCUT2D eigenvalue weighted by Gasteiger charge is 2.31. The summed E-state index contributed by atoms with van der Waals surface area (Å²) in [4.78, 5) is 3.88. The smallest absolute Gasteiger partial charge is 0.242 e. The van der Waals surface area contributed by atoms with E-state index < -0.39 is 10.0 Å². The molecular weight excluding hydrogens is 316 g/mol. The van der Waals surface area contributed by atoms with Crippen LogP contribution in [0.5, 0.6) is 0 Å². The fraction of sp³-hybridized carbons (Fsp3) is 0.583. The molecule has 7 nitrogen and oxygen atoms in total. The number of pyridine rings is 1. The van der Waals surface area contributed by atoms with Crippen LogP contribution in [0.25, 0.3) is 0 Å². The van der Waals surface area contributed by atoms with Crippen LogP contribution < -0.4 is 16.0 Å². The van der Waals surface area contributed by atoms with Crippen molar-refractivity contribution in [3.63, 3.8) is 0 Å². The molecule has 0 radical (unpaired) electrons. The largest absolute Gasteiger partial charge is 0.375 e. The Hall–Kier alpha value is -0.930. The minimum atomic E-state index is -3.68. The van der Waals surface area contributed by atoms with Gasteiger partial charge in [0.15, 0.2) is 5.82 Å². The van der Waals surface area contributed by atoms with Crippen LogP contribution in [-0.2, 0) is 14.8 Å². The van der Waals surface area contributed by atoms with Gasteiger partial charge in [0.25, 0.3) is 0 Å². The average molecular weight is 335 g/mol. The van der Waals surface area contributed by atoms with E-state index in [1.165, 1.54) is 12.3 Å².